The fraction of sp³-hybridized carbons (Fsp3) is 0.167. The molecule has 6 heteroatoms. The normalized spacial score (nSPS) is 13.5. The van der Waals surface area contributed by atoms with Gasteiger partial charge in [0.1, 0.15) is 5.76 Å². The minimum atomic E-state index is -3.24. The van der Waals surface area contributed by atoms with Gasteiger partial charge in [0.05, 0.1) is 21.7 Å². The quantitative estimate of drug-likeness (QED) is 0.938. The Bertz CT molecular complexity index is 663. The van der Waals surface area contributed by atoms with Crippen LogP contribution in [-0.2, 0) is 9.84 Å². The molecule has 18 heavy (non-hydrogen) atoms. The maximum atomic E-state index is 11.5. The van der Waals surface area contributed by atoms with E-state index in [1.807, 2.05) is 0 Å². The van der Waals surface area contributed by atoms with Crippen molar-refractivity contribution in [1.29, 1.82) is 0 Å². The molecule has 1 heterocycles. The summed E-state index contributed by atoms with van der Waals surface area (Å²) in [5, 5.41) is 0. The Hall–Kier alpha value is -1.11. The lowest BCUT2D eigenvalue weighted by atomic mass is 10.1. The lowest BCUT2D eigenvalue weighted by Crippen LogP contribution is -2.12. The summed E-state index contributed by atoms with van der Waals surface area (Å²) in [7, 11) is -3.24. The van der Waals surface area contributed by atoms with Gasteiger partial charge in [0.15, 0.2) is 9.84 Å². The van der Waals surface area contributed by atoms with Gasteiger partial charge in [-0.25, -0.2) is 8.42 Å². The number of hydrogen-bond donors (Lipinski definition) is 1. The zero-order chi connectivity index (χ0) is 13.3. The third-order valence-electron chi connectivity index (χ3n) is 2.57. The van der Waals surface area contributed by atoms with Crippen LogP contribution in [0.15, 0.2) is 50.4 Å². The first kappa shape index (κ1) is 13.3. The topological polar surface area (TPSA) is 73.3 Å². The molecule has 4 nitrogen and oxygen atoms in total. The summed E-state index contributed by atoms with van der Waals surface area (Å²) in [5.41, 5.74) is 6.74. The molecule has 0 radical (unpaired) electrons. The first-order valence-electron chi connectivity index (χ1n) is 5.18. The van der Waals surface area contributed by atoms with Gasteiger partial charge in [-0.05, 0) is 39.7 Å². The number of rotatable bonds is 3. The summed E-state index contributed by atoms with van der Waals surface area (Å²) in [5.74, 6) is 0.570. The van der Waals surface area contributed by atoms with Gasteiger partial charge in [-0.2, -0.15) is 0 Å². The van der Waals surface area contributed by atoms with Crippen molar-refractivity contribution in [1.82, 2.24) is 0 Å². The molecular weight excluding hydrogens is 318 g/mol. The van der Waals surface area contributed by atoms with E-state index in [9.17, 15) is 8.42 Å². The molecule has 1 aromatic heterocycles. The second kappa shape index (κ2) is 4.87. The number of halogens is 1. The molecule has 1 aromatic carbocycles. The molecule has 96 valence electrons. The summed E-state index contributed by atoms with van der Waals surface area (Å²) in [6.07, 6.45) is 2.69. The van der Waals surface area contributed by atoms with Gasteiger partial charge in [-0.15, -0.1) is 0 Å². The third-order valence-corrected chi connectivity index (χ3v) is 4.34. The van der Waals surface area contributed by atoms with Crippen molar-refractivity contribution in [2.24, 2.45) is 5.73 Å². The lowest BCUT2D eigenvalue weighted by molar-refractivity contribution is 0.487. The van der Waals surface area contributed by atoms with E-state index >= 15 is 0 Å². The van der Waals surface area contributed by atoms with Crippen LogP contribution in [0.3, 0.4) is 0 Å². The monoisotopic (exact) mass is 329 g/mol. The standard InChI is InChI=1S/C12H12BrNO3S/c1-18(15,16)9-4-2-3-8(7-9)11(14)12-10(13)5-6-17-12/h2-7,11H,14H2,1H3. The van der Waals surface area contributed by atoms with Crippen LogP contribution in [0.25, 0.3) is 0 Å². The van der Waals surface area contributed by atoms with E-state index in [2.05, 4.69) is 15.9 Å². The Morgan fingerprint density at radius 1 is 1.33 bits per heavy atom. The number of hydrogen-bond acceptors (Lipinski definition) is 4. The first-order valence-corrected chi connectivity index (χ1v) is 7.86. The smallest absolute Gasteiger partial charge is 0.175 e. The second-order valence-corrected chi connectivity index (χ2v) is 6.83. The molecule has 0 aliphatic carbocycles. The molecule has 0 spiro atoms. The van der Waals surface area contributed by atoms with Crippen LogP contribution in [-0.4, -0.2) is 14.7 Å². The van der Waals surface area contributed by atoms with E-state index < -0.39 is 15.9 Å². The number of sulfone groups is 1. The Morgan fingerprint density at radius 3 is 2.61 bits per heavy atom. The van der Waals surface area contributed by atoms with Crippen LogP contribution in [0.4, 0.5) is 0 Å². The van der Waals surface area contributed by atoms with E-state index in [1.54, 1.807) is 30.3 Å². The van der Waals surface area contributed by atoms with Gasteiger partial charge in [-0.3, -0.25) is 0 Å². The average molecular weight is 330 g/mol. The molecule has 1 unspecified atom stereocenters. The Balaban J connectivity index is 2.44. The van der Waals surface area contributed by atoms with Crippen LogP contribution < -0.4 is 5.73 Å². The zero-order valence-electron chi connectivity index (χ0n) is 9.63. The van der Waals surface area contributed by atoms with E-state index in [0.717, 1.165) is 4.47 Å². The third kappa shape index (κ3) is 2.66. The number of nitrogens with two attached hydrogens (primary N) is 1. The minimum Gasteiger partial charge on any atom is -0.466 e. The molecule has 2 N–H and O–H groups in total. The van der Waals surface area contributed by atoms with Crippen molar-refractivity contribution < 1.29 is 12.8 Å². The molecule has 0 bridgehead atoms. The Kier molecular flexibility index (Phi) is 3.61. The van der Waals surface area contributed by atoms with Crippen LogP contribution >= 0.6 is 15.9 Å². The predicted molar refractivity (Wildman–Crippen MR) is 72.0 cm³/mol. The van der Waals surface area contributed by atoms with Crippen LogP contribution in [0, 0.1) is 0 Å². The van der Waals surface area contributed by atoms with E-state index in [1.165, 1.54) is 12.5 Å². The Morgan fingerprint density at radius 2 is 2.06 bits per heavy atom. The molecule has 2 rings (SSSR count). The van der Waals surface area contributed by atoms with Gasteiger partial charge in [0.25, 0.3) is 0 Å². The highest BCUT2D eigenvalue weighted by Gasteiger charge is 2.17. The van der Waals surface area contributed by atoms with Gasteiger partial charge >= 0.3 is 0 Å². The largest absolute Gasteiger partial charge is 0.466 e. The van der Waals surface area contributed by atoms with Crippen molar-refractivity contribution in [3.8, 4) is 0 Å². The average Bonchev–Trinajstić information content (AvgIpc) is 2.73. The fourth-order valence-electron chi connectivity index (χ4n) is 1.62. The van der Waals surface area contributed by atoms with E-state index in [-0.39, 0.29) is 4.90 Å². The number of benzene rings is 1. The highest BCUT2D eigenvalue weighted by molar-refractivity contribution is 9.10. The highest BCUT2D eigenvalue weighted by atomic mass is 79.9. The van der Waals surface area contributed by atoms with Crippen molar-refractivity contribution in [3.05, 3.63) is 52.4 Å². The molecule has 0 saturated carbocycles. The Labute approximate surface area is 114 Å². The summed E-state index contributed by atoms with van der Waals surface area (Å²) in [6.45, 7) is 0. The molecule has 0 amide bonds. The second-order valence-electron chi connectivity index (χ2n) is 3.96. The summed E-state index contributed by atoms with van der Waals surface area (Å²) >= 11 is 3.33. The van der Waals surface area contributed by atoms with Crippen molar-refractivity contribution in [3.63, 3.8) is 0 Å². The van der Waals surface area contributed by atoms with E-state index in [4.69, 9.17) is 10.2 Å². The van der Waals surface area contributed by atoms with Gasteiger partial charge in [0, 0.05) is 6.26 Å². The molecule has 0 fully saturated rings. The zero-order valence-corrected chi connectivity index (χ0v) is 12.0. The summed E-state index contributed by atoms with van der Waals surface area (Å²) in [4.78, 5) is 0.248. The van der Waals surface area contributed by atoms with Crippen molar-refractivity contribution in [2.75, 3.05) is 6.26 Å². The van der Waals surface area contributed by atoms with Gasteiger partial charge < -0.3 is 10.2 Å². The van der Waals surface area contributed by atoms with Crippen molar-refractivity contribution in [2.45, 2.75) is 10.9 Å². The molecular formula is C12H12BrNO3S. The molecule has 0 aliphatic heterocycles. The summed E-state index contributed by atoms with van der Waals surface area (Å²) in [6, 6.07) is 7.79. The highest BCUT2D eigenvalue weighted by Crippen LogP contribution is 2.28. The lowest BCUT2D eigenvalue weighted by Gasteiger charge is -2.11. The van der Waals surface area contributed by atoms with Gasteiger partial charge in [0.2, 0.25) is 0 Å². The van der Waals surface area contributed by atoms with Gasteiger partial charge in [-0.1, -0.05) is 12.1 Å². The maximum absolute atomic E-state index is 11.5. The van der Waals surface area contributed by atoms with E-state index in [0.29, 0.717) is 11.3 Å². The molecule has 0 aliphatic rings. The molecule has 1 atom stereocenters. The van der Waals surface area contributed by atoms with Crippen LogP contribution in [0.2, 0.25) is 0 Å². The van der Waals surface area contributed by atoms with Crippen LogP contribution in [0.5, 0.6) is 0 Å². The van der Waals surface area contributed by atoms with Crippen molar-refractivity contribution >= 4 is 25.8 Å². The maximum Gasteiger partial charge on any atom is 0.175 e. The SMILES string of the molecule is CS(=O)(=O)c1cccc(C(N)c2occc2Br)c1. The predicted octanol–water partition coefficient (Wildman–Crippen LogP) is 2.49. The molecule has 2 aromatic rings. The first-order chi connectivity index (χ1) is 8.39. The minimum absolute atomic E-state index is 0.248. The molecule has 0 saturated heterocycles. The fourth-order valence-corrected chi connectivity index (χ4v) is 2.74. The van der Waals surface area contributed by atoms with Crippen LogP contribution in [0.1, 0.15) is 17.4 Å². The number of furan rings is 1. The summed E-state index contributed by atoms with van der Waals surface area (Å²) < 4.78 is 29.0.